The topological polar surface area (TPSA) is 119 Å². The van der Waals surface area contributed by atoms with Gasteiger partial charge in [0, 0.05) is 16.1 Å². The number of hydrogen-bond donors (Lipinski definition) is 3. The number of nitrogens with two attached hydrogens (primary N) is 1. The van der Waals surface area contributed by atoms with Gasteiger partial charge in [-0.05, 0) is 30.2 Å². The second kappa shape index (κ2) is 8.96. The fourth-order valence-corrected chi connectivity index (χ4v) is 3.30. The zero-order chi connectivity index (χ0) is 21.8. The fourth-order valence-electron chi connectivity index (χ4n) is 3.11. The molecule has 30 heavy (non-hydrogen) atoms. The predicted octanol–water partition coefficient (Wildman–Crippen LogP) is 2.57. The van der Waals surface area contributed by atoms with Crippen LogP contribution in [0.1, 0.15) is 24.3 Å². The van der Waals surface area contributed by atoms with Gasteiger partial charge in [0.2, 0.25) is 11.8 Å². The standard InChI is InChI=1S/C21H22ClN5O3/c1-12(2)18(21(30)24-14-7-5-6-13(22)10-14)25-17(28)11-27-16-9-4-3-8-15(16)19(26-27)20(23)29/h3-10,12,18H,11H2,1-2H3,(H2,23,29)(H,24,30)(H,25,28)/t18-/m0/s1. The Kier molecular flexibility index (Phi) is 6.37. The number of hydrogen-bond acceptors (Lipinski definition) is 4. The van der Waals surface area contributed by atoms with Crippen LogP contribution < -0.4 is 16.4 Å². The SMILES string of the molecule is CC(C)[C@H](NC(=O)Cn1nc(C(N)=O)c2ccccc21)C(=O)Nc1cccc(Cl)c1. The molecular formula is C21H22ClN5O3. The van der Waals surface area contributed by atoms with E-state index >= 15 is 0 Å². The minimum atomic E-state index is -0.770. The van der Waals surface area contributed by atoms with Crippen LogP contribution in [-0.2, 0) is 16.1 Å². The molecule has 3 aromatic rings. The van der Waals surface area contributed by atoms with Crippen LogP contribution in [0.15, 0.2) is 48.5 Å². The Morgan fingerprint density at radius 1 is 1.13 bits per heavy atom. The maximum absolute atomic E-state index is 12.7. The minimum Gasteiger partial charge on any atom is -0.364 e. The van der Waals surface area contributed by atoms with E-state index in [2.05, 4.69) is 15.7 Å². The summed E-state index contributed by atoms with van der Waals surface area (Å²) < 4.78 is 1.40. The molecule has 2 aromatic carbocycles. The Bertz CT molecular complexity index is 1110. The third kappa shape index (κ3) is 4.77. The quantitative estimate of drug-likeness (QED) is 0.536. The van der Waals surface area contributed by atoms with Crippen molar-refractivity contribution in [3.05, 3.63) is 59.2 Å². The van der Waals surface area contributed by atoms with Gasteiger partial charge in [-0.2, -0.15) is 5.10 Å². The first-order valence-electron chi connectivity index (χ1n) is 9.37. The van der Waals surface area contributed by atoms with Crippen molar-refractivity contribution < 1.29 is 14.4 Å². The molecule has 9 heteroatoms. The number of halogens is 1. The summed E-state index contributed by atoms with van der Waals surface area (Å²) in [7, 11) is 0. The maximum Gasteiger partial charge on any atom is 0.269 e. The lowest BCUT2D eigenvalue weighted by Crippen LogP contribution is -2.48. The van der Waals surface area contributed by atoms with Gasteiger partial charge in [-0.25, -0.2) is 0 Å². The molecule has 1 heterocycles. The van der Waals surface area contributed by atoms with Gasteiger partial charge < -0.3 is 16.4 Å². The number of fused-ring (bicyclic) bond motifs is 1. The second-order valence-electron chi connectivity index (χ2n) is 7.18. The van der Waals surface area contributed by atoms with E-state index in [-0.39, 0.29) is 24.1 Å². The number of rotatable bonds is 7. The van der Waals surface area contributed by atoms with E-state index in [9.17, 15) is 14.4 Å². The molecule has 0 saturated heterocycles. The van der Waals surface area contributed by atoms with Crippen LogP contribution in [0.5, 0.6) is 0 Å². The molecule has 0 aliphatic heterocycles. The largest absolute Gasteiger partial charge is 0.364 e. The van der Waals surface area contributed by atoms with Gasteiger partial charge in [0.05, 0.1) is 5.52 Å². The molecular weight excluding hydrogens is 406 g/mol. The Morgan fingerprint density at radius 2 is 1.87 bits per heavy atom. The van der Waals surface area contributed by atoms with Crippen LogP contribution in [0, 0.1) is 5.92 Å². The number of nitrogens with zero attached hydrogens (tertiary/aromatic N) is 2. The van der Waals surface area contributed by atoms with Crippen LogP contribution in [0.2, 0.25) is 5.02 Å². The van der Waals surface area contributed by atoms with E-state index in [1.165, 1.54) is 4.68 Å². The highest BCUT2D eigenvalue weighted by Gasteiger charge is 2.25. The van der Waals surface area contributed by atoms with Gasteiger partial charge in [0.1, 0.15) is 12.6 Å². The van der Waals surface area contributed by atoms with Crippen LogP contribution in [-0.4, -0.2) is 33.5 Å². The molecule has 0 bridgehead atoms. The highest BCUT2D eigenvalue weighted by molar-refractivity contribution is 6.30. The van der Waals surface area contributed by atoms with Gasteiger partial charge in [0.25, 0.3) is 5.91 Å². The molecule has 0 spiro atoms. The van der Waals surface area contributed by atoms with E-state index in [1.807, 2.05) is 13.8 Å². The number of carbonyl (C=O) groups is 3. The Morgan fingerprint density at radius 3 is 2.53 bits per heavy atom. The zero-order valence-corrected chi connectivity index (χ0v) is 17.3. The van der Waals surface area contributed by atoms with Crippen LogP contribution in [0.25, 0.3) is 10.9 Å². The number of aromatic nitrogens is 2. The van der Waals surface area contributed by atoms with Crippen molar-refractivity contribution in [3.8, 4) is 0 Å². The fraction of sp³-hybridized carbons (Fsp3) is 0.238. The highest BCUT2D eigenvalue weighted by Crippen LogP contribution is 2.18. The molecule has 0 fully saturated rings. The average Bonchev–Trinajstić information content (AvgIpc) is 3.04. The lowest BCUT2D eigenvalue weighted by molar-refractivity contribution is -0.127. The first-order valence-corrected chi connectivity index (χ1v) is 9.75. The number of benzene rings is 2. The highest BCUT2D eigenvalue weighted by atomic mass is 35.5. The van der Waals surface area contributed by atoms with Crippen LogP contribution >= 0.6 is 11.6 Å². The molecule has 0 unspecified atom stereocenters. The third-order valence-electron chi connectivity index (χ3n) is 4.54. The van der Waals surface area contributed by atoms with Crippen molar-refractivity contribution in [2.24, 2.45) is 11.7 Å². The van der Waals surface area contributed by atoms with E-state index in [0.717, 1.165) is 0 Å². The van der Waals surface area contributed by atoms with Gasteiger partial charge >= 0.3 is 0 Å². The van der Waals surface area contributed by atoms with Gasteiger partial charge in [-0.3, -0.25) is 19.1 Å². The summed E-state index contributed by atoms with van der Waals surface area (Å²) in [5.41, 5.74) is 6.63. The van der Waals surface area contributed by atoms with Gasteiger partial charge in [-0.1, -0.05) is 49.7 Å². The van der Waals surface area contributed by atoms with Crippen molar-refractivity contribution in [3.63, 3.8) is 0 Å². The first-order chi connectivity index (χ1) is 14.3. The average molecular weight is 428 g/mol. The van der Waals surface area contributed by atoms with Crippen molar-refractivity contribution in [2.45, 2.75) is 26.4 Å². The number of primary amides is 1. The number of para-hydroxylation sites is 1. The molecule has 8 nitrogen and oxygen atoms in total. The molecule has 156 valence electrons. The smallest absolute Gasteiger partial charge is 0.269 e. The second-order valence-corrected chi connectivity index (χ2v) is 7.61. The third-order valence-corrected chi connectivity index (χ3v) is 4.78. The summed E-state index contributed by atoms with van der Waals surface area (Å²) in [5.74, 6) is -1.61. The summed E-state index contributed by atoms with van der Waals surface area (Å²) in [6.45, 7) is 3.50. The molecule has 4 N–H and O–H groups in total. The molecule has 1 aromatic heterocycles. The Hall–Kier alpha value is -3.39. The molecule has 0 aliphatic carbocycles. The van der Waals surface area contributed by atoms with E-state index in [1.54, 1.807) is 48.5 Å². The number of amides is 3. The summed E-state index contributed by atoms with van der Waals surface area (Å²) in [6.07, 6.45) is 0. The van der Waals surface area contributed by atoms with Crippen LogP contribution in [0.3, 0.4) is 0 Å². The number of carbonyl (C=O) groups excluding carboxylic acids is 3. The Balaban J connectivity index is 1.75. The lowest BCUT2D eigenvalue weighted by Gasteiger charge is -2.22. The summed E-state index contributed by atoms with van der Waals surface area (Å²) in [4.78, 5) is 37.0. The van der Waals surface area contributed by atoms with E-state index in [4.69, 9.17) is 17.3 Å². The minimum absolute atomic E-state index is 0.0949. The van der Waals surface area contributed by atoms with Gasteiger partial charge in [-0.15, -0.1) is 0 Å². The van der Waals surface area contributed by atoms with E-state index in [0.29, 0.717) is 21.6 Å². The van der Waals surface area contributed by atoms with Crippen molar-refractivity contribution in [1.29, 1.82) is 0 Å². The van der Waals surface area contributed by atoms with Gasteiger partial charge in [0.15, 0.2) is 5.69 Å². The number of nitrogens with one attached hydrogen (secondary N) is 2. The zero-order valence-electron chi connectivity index (χ0n) is 16.6. The van der Waals surface area contributed by atoms with Crippen LogP contribution in [0.4, 0.5) is 5.69 Å². The molecule has 0 saturated carbocycles. The first kappa shape index (κ1) is 21.3. The molecule has 1 atom stereocenters. The summed E-state index contributed by atoms with van der Waals surface area (Å²) in [5, 5.41) is 10.7. The van der Waals surface area contributed by atoms with Crippen molar-refractivity contribution in [1.82, 2.24) is 15.1 Å². The molecule has 3 amide bonds. The molecule has 0 radical (unpaired) electrons. The Labute approximate surface area is 178 Å². The van der Waals surface area contributed by atoms with Crippen molar-refractivity contribution in [2.75, 3.05) is 5.32 Å². The maximum atomic E-state index is 12.7. The van der Waals surface area contributed by atoms with Crippen molar-refractivity contribution >= 4 is 45.9 Å². The number of anilines is 1. The summed E-state index contributed by atoms with van der Waals surface area (Å²) in [6, 6.07) is 13.0. The predicted molar refractivity (Wildman–Crippen MR) is 115 cm³/mol. The summed E-state index contributed by atoms with van der Waals surface area (Å²) >= 11 is 5.95. The molecule has 0 aliphatic rings. The normalized spacial score (nSPS) is 12.0. The molecule has 3 rings (SSSR count). The monoisotopic (exact) mass is 427 g/mol. The van der Waals surface area contributed by atoms with E-state index < -0.39 is 17.9 Å². The lowest BCUT2D eigenvalue weighted by atomic mass is 10.0.